The first kappa shape index (κ1) is 15.9. The van der Waals surface area contributed by atoms with Crippen molar-refractivity contribution in [2.75, 3.05) is 13.2 Å². The summed E-state index contributed by atoms with van der Waals surface area (Å²) < 4.78 is 45.2. The number of carbonyl (C=O) groups is 1. The maximum Gasteiger partial charge on any atom is 0.313 e. The van der Waals surface area contributed by atoms with Gasteiger partial charge in [-0.1, -0.05) is 0 Å². The molecular formula is C13H16FNO5S. The summed E-state index contributed by atoms with van der Waals surface area (Å²) in [6, 6.07) is 2.42. The Kier molecular flexibility index (Phi) is 4.05. The number of hydrogen-bond acceptors (Lipinski definition) is 4. The molecule has 8 heteroatoms. The van der Waals surface area contributed by atoms with E-state index in [9.17, 15) is 22.7 Å². The van der Waals surface area contributed by atoms with Gasteiger partial charge < -0.3 is 9.84 Å². The summed E-state index contributed by atoms with van der Waals surface area (Å²) in [5.41, 5.74) is -1.08. The van der Waals surface area contributed by atoms with Crippen LogP contribution >= 0.6 is 0 Å². The first-order valence-corrected chi connectivity index (χ1v) is 7.75. The molecule has 116 valence electrons. The maximum absolute atomic E-state index is 13.1. The molecule has 1 fully saturated rings. The van der Waals surface area contributed by atoms with Gasteiger partial charge in [0.15, 0.2) is 0 Å². The lowest BCUT2D eigenvalue weighted by atomic mass is 9.86. The van der Waals surface area contributed by atoms with Gasteiger partial charge in [-0.3, -0.25) is 4.79 Å². The average Bonchev–Trinajstić information content (AvgIpc) is 2.71. The Morgan fingerprint density at radius 3 is 2.76 bits per heavy atom. The number of nitrogens with one attached hydrogen (secondary N) is 1. The Morgan fingerprint density at radius 1 is 1.52 bits per heavy atom. The van der Waals surface area contributed by atoms with Crippen LogP contribution in [0, 0.1) is 18.2 Å². The van der Waals surface area contributed by atoms with Gasteiger partial charge in [0.2, 0.25) is 10.0 Å². The minimum absolute atomic E-state index is 0.0255. The molecule has 0 bridgehead atoms. The van der Waals surface area contributed by atoms with E-state index < -0.39 is 33.3 Å². The van der Waals surface area contributed by atoms with Gasteiger partial charge in [0, 0.05) is 0 Å². The highest BCUT2D eigenvalue weighted by molar-refractivity contribution is 7.89. The zero-order chi connectivity index (χ0) is 15.8. The van der Waals surface area contributed by atoms with E-state index in [-0.39, 0.29) is 23.7 Å². The second kappa shape index (κ2) is 5.36. The Labute approximate surface area is 122 Å². The lowest BCUT2D eigenvalue weighted by molar-refractivity contribution is -0.148. The van der Waals surface area contributed by atoms with E-state index in [0.29, 0.717) is 0 Å². The van der Waals surface area contributed by atoms with Crippen LogP contribution in [0.2, 0.25) is 0 Å². The molecule has 6 nitrogen and oxygen atoms in total. The first-order valence-electron chi connectivity index (χ1n) is 6.26. The van der Waals surface area contributed by atoms with Crippen molar-refractivity contribution in [1.82, 2.24) is 4.72 Å². The Hall–Kier alpha value is -1.51. The highest BCUT2D eigenvalue weighted by Crippen LogP contribution is 2.30. The van der Waals surface area contributed by atoms with Crippen LogP contribution in [-0.4, -0.2) is 38.7 Å². The molecule has 0 amide bonds. The Morgan fingerprint density at radius 2 is 2.19 bits per heavy atom. The van der Waals surface area contributed by atoms with Crippen LogP contribution in [0.25, 0.3) is 0 Å². The molecule has 0 aromatic heterocycles. The van der Waals surface area contributed by atoms with Gasteiger partial charge in [0.25, 0.3) is 0 Å². The molecule has 2 N–H and O–H groups in total. The second-order valence-electron chi connectivity index (χ2n) is 5.32. The van der Waals surface area contributed by atoms with E-state index in [0.717, 1.165) is 18.2 Å². The number of carboxylic acids is 1. The summed E-state index contributed by atoms with van der Waals surface area (Å²) in [6.07, 6.45) is 0. The summed E-state index contributed by atoms with van der Waals surface area (Å²) in [5, 5.41) is 9.24. The summed E-state index contributed by atoms with van der Waals surface area (Å²) in [4.78, 5) is 11.2. The van der Waals surface area contributed by atoms with Crippen molar-refractivity contribution in [1.29, 1.82) is 0 Å². The van der Waals surface area contributed by atoms with Crippen LogP contribution in [0.1, 0.15) is 12.5 Å². The molecule has 2 atom stereocenters. The van der Waals surface area contributed by atoms with Crippen molar-refractivity contribution in [2.24, 2.45) is 5.41 Å². The van der Waals surface area contributed by atoms with Crippen LogP contribution in [0.5, 0.6) is 0 Å². The Bertz CT molecular complexity index is 675. The smallest absolute Gasteiger partial charge is 0.313 e. The van der Waals surface area contributed by atoms with E-state index in [4.69, 9.17) is 4.74 Å². The number of hydrogen-bond donors (Lipinski definition) is 2. The molecule has 0 radical (unpaired) electrons. The van der Waals surface area contributed by atoms with Crippen molar-refractivity contribution < 1.29 is 27.4 Å². The predicted octanol–water partition coefficient (Wildman–Crippen LogP) is 0.902. The number of aryl methyl sites for hydroxylation is 1. The SMILES string of the molecule is Cc1cc(F)ccc1S(=O)(=O)NC1COCC1(C)C(=O)O. The van der Waals surface area contributed by atoms with E-state index in [2.05, 4.69) is 4.72 Å². The first-order chi connectivity index (χ1) is 9.67. The fourth-order valence-electron chi connectivity index (χ4n) is 2.21. The zero-order valence-corrected chi connectivity index (χ0v) is 12.4. The molecule has 0 saturated carbocycles. The van der Waals surface area contributed by atoms with Crippen molar-refractivity contribution in [3.8, 4) is 0 Å². The largest absolute Gasteiger partial charge is 0.481 e. The second-order valence-corrected chi connectivity index (χ2v) is 7.00. The van der Waals surface area contributed by atoms with Gasteiger partial charge in [-0.15, -0.1) is 0 Å². The summed E-state index contributed by atoms with van der Waals surface area (Å²) >= 11 is 0. The third-order valence-corrected chi connectivity index (χ3v) is 5.30. The number of sulfonamides is 1. The van der Waals surface area contributed by atoms with Gasteiger partial charge in [-0.25, -0.2) is 17.5 Å². The van der Waals surface area contributed by atoms with Gasteiger partial charge >= 0.3 is 5.97 Å². The highest BCUT2D eigenvalue weighted by atomic mass is 32.2. The average molecular weight is 317 g/mol. The van der Waals surface area contributed by atoms with Crippen LogP contribution in [0.3, 0.4) is 0 Å². The number of ether oxygens (including phenoxy) is 1. The lowest BCUT2D eigenvalue weighted by Crippen LogP contribution is -2.49. The molecule has 0 aliphatic carbocycles. The predicted molar refractivity (Wildman–Crippen MR) is 71.8 cm³/mol. The molecule has 2 unspecified atom stereocenters. The highest BCUT2D eigenvalue weighted by Gasteiger charge is 2.48. The molecule has 1 aliphatic heterocycles. The third kappa shape index (κ3) is 2.92. The molecule has 2 rings (SSSR count). The van der Waals surface area contributed by atoms with Crippen LogP contribution in [0.15, 0.2) is 23.1 Å². The molecule has 1 aromatic carbocycles. The van der Waals surface area contributed by atoms with E-state index in [1.54, 1.807) is 0 Å². The fourth-order valence-corrected chi connectivity index (χ4v) is 3.77. The normalized spacial score (nSPS) is 26.0. The van der Waals surface area contributed by atoms with Gasteiger partial charge in [0.05, 0.1) is 24.2 Å². The zero-order valence-electron chi connectivity index (χ0n) is 11.6. The van der Waals surface area contributed by atoms with Crippen molar-refractivity contribution >= 4 is 16.0 Å². The van der Waals surface area contributed by atoms with Crippen molar-refractivity contribution in [2.45, 2.75) is 24.8 Å². The van der Waals surface area contributed by atoms with Crippen LogP contribution in [-0.2, 0) is 19.6 Å². The molecule has 21 heavy (non-hydrogen) atoms. The minimum atomic E-state index is -3.96. The van der Waals surface area contributed by atoms with Crippen LogP contribution in [0.4, 0.5) is 4.39 Å². The number of benzene rings is 1. The molecule has 1 aliphatic rings. The topological polar surface area (TPSA) is 92.7 Å². The third-order valence-electron chi connectivity index (χ3n) is 3.67. The van der Waals surface area contributed by atoms with Crippen LogP contribution < -0.4 is 4.72 Å². The summed E-state index contributed by atoms with van der Waals surface area (Å²) in [6.45, 7) is 2.80. The number of rotatable bonds is 4. The number of carboxylic acid groups (broad SMARTS) is 1. The van der Waals surface area contributed by atoms with Gasteiger partial charge in [-0.2, -0.15) is 0 Å². The minimum Gasteiger partial charge on any atom is -0.481 e. The fraction of sp³-hybridized carbons (Fsp3) is 0.462. The molecular weight excluding hydrogens is 301 g/mol. The summed E-state index contributed by atoms with van der Waals surface area (Å²) in [5.74, 6) is -1.67. The van der Waals surface area contributed by atoms with E-state index in [1.165, 1.54) is 13.8 Å². The number of halogens is 1. The standard InChI is InChI=1S/C13H16FNO5S/c1-8-5-9(14)3-4-10(8)21(18,19)15-11-6-20-7-13(11,2)12(16)17/h3-5,11,15H,6-7H2,1-2H3,(H,16,17). The summed E-state index contributed by atoms with van der Waals surface area (Å²) in [7, 11) is -3.96. The molecule has 1 saturated heterocycles. The number of aliphatic carboxylic acids is 1. The maximum atomic E-state index is 13.1. The quantitative estimate of drug-likeness (QED) is 0.861. The van der Waals surface area contributed by atoms with Crippen molar-refractivity contribution in [3.05, 3.63) is 29.6 Å². The molecule has 1 aromatic rings. The Balaban J connectivity index is 2.31. The van der Waals surface area contributed by atoms with E-state index in [1.807, 2.05) is 0 Å². The van der Waals surface area contributed by atoms with Crippen molar-refractivity contribution in [3.63, 3.8) is 0 Å². The van der Waals surface area contributed by atoms with Gasteiger partial charge in [-0.05, 0) is 37.6 Å². The monoisotopic (exact) mass is 317 g/mol. The molecule has 0 spiro atoms. The van der Waals surface area contributed by atoms with Gasteiger partial charge in [0.1, 0.15) is 11.2 Å². The van der Waals surface area contributed by atoms with E-state index >= 15 is 0 Å². The molecule has 1 heterocycles. The lowest BCUT2D eigenvalue weighted by Gasteiger charge is -2.25.